The van der Waals surface area contributed by atoms with Crippen LogP contribution in [0.5, 0.6) is 5.75 Å². The van der Waals surface area contributed by atoms with E-state index in [1.807, 2.05) is 31.2 Å². The van der Waals surface area contributed by atoms with Gasteiger partial charge < -0.3 is 14.3 Å². The number of oxazole rings is 1. The topological polar surface area (TPSA) is 55.5 Å². The molecule has 1 N–H and O–H groups in total. The molecule has 0 saturated heterocycles. The second-order valence-corrected chi connectivity index (χ2v) is 3.38. The quantitative estimate of drug-likeness (QED) is 0.859. The average Bonchev–Trinajstić information content (AvgIpc) is 2.70. The third-order valence-corrected chi connectivity index (χ3v) is 2.33. The van der Waals surface area contributed by atoms with Gasteiger partial charge in [0.1, 0.15) is 12.4 Å². The van der Waals surface area contributed by atoms with Gasteiger partial charge in [0.25, 0.3) is 0 Å². The number of para-hydroxylation sites is 1. The van der Waals surface area contributed by atoms with E-state index in [0.29, 0.717) is 11.7 Å². The lowest BCUT2D eigenvalue weighted by molar-refractivity contribution is 0.241. The predicted octanol–water partition coefficient (Wildman–Crippen LogP) is 2.15. The highest BCUT2D eigenvalue weighted by molar-refractivity contribution is 5.67. The number of aliphatic hydroxyl groups is 1. The Morgan fingerprint density at radius 2 is 2.12 bits per heavy atom. The van der Waals surface area contributed by atoms with Gasteiger partial charge in [-0.15, -0.1) is 0 Å². The highest BCUT2D eigenvalue weighted by Crippen LogP contribution is 2.32. The molecule has 0 aliphatic heterocycles. The molecule has 0 aliphatic rings. The van der Waals surface area contributed by atoms with Crippen molar-refractivity contribution >= 4 is 0 Å². The van der Waals surface area contributed by atoms with Gasteiger partial charge in [-0.05, 0) is 19.1 Å². The molecule has 0 bridgehead atoms. The average molecular weight is 219 g/mol. The Kier molecular flexibility index (Phi) is 2.92. The van der Waals surface area contributed by atoms with Crippen LogP contribution in [0, 0.1) is 6.92 Å². The molecular weight excluding hydrogens is 206 g/mol. The fourth-order valence-electron chi connectivity index (χ4n) is 1.60. The Morgan fingerprint density at radius 1 is 1.38 bits per heavy atom. The molecule has 0 radical (unpaired) electrons. The summed E-state index contributed by atoms with van der Waals surface area (Å²) in [6.45, 7) is 1.64. The maximum Gasteiger partial charge on any atom is 0.220 e. The van der Waals surface area contributed by atoms with Crippen molar-refractivity contribution in [2.75, 3.05) is 7.11 Å². The van der Waals surface area contributed by atoms with Crippen molar-refractivity contribution in [3.8, 4) is 17.1 Å². The summed E-state index contributed by atoms with van der Waals surface area (Å²) < 4.78 is 10.7. The minimum atomic E-state index is -0.198. The number of hydrogen-bond donors (Lipinski definition) is 1. The zero-order valence-corrected chi connectivity index (χ0v) is 9.23. The molecule has 0 spiro atoms. The maximum absolute atomic E-state index is 8.96. The Balaban J connectivity index is 2.53. The Morgan fingerprint density at radius 3 is 2.75 bits per heavy atom. The van der Waals surface area contributed by atoms with Crippen LogP contribution in [0.15, 0.2) is 28.7 Å². The van der Waals surface area contributed by atoms with E-state index in [1.165, 1.54) is 0 Å². The number of rotatable bonds is 3. The van der Waals surface area contributed by atoms with Crippen molar-refractivity contribution in [2.24, 2.45) is 0 Å². The van der Waals surface area contributed by atoms with Crippen molar-refractivity contribution in [2.45, 2.75) is 13.5 Å². The van der Waals surface area contributed by atoms with E-state index in [0.717, 1.165) is 17.0 Å². The van der Waals surface area contributed by atoms with Crippen LogP contribution in [0.25, 0.3) is 11.3 Å². The van der Waals surface area contributed by atoms with Gasteiger partial charge in [-0.2, -0.15) is 0 Å². The van der Waals surface area contributed by atoms with Crippen molar-refractivity contribution in [3.63, 3.8) is 0 Å². The van der Waals surface area contributed by atoms with Gasteiger partial charge in [-0.1, -0.05) is 12.1 Å². The molecule has 1 aromatic carbocycles. The molecule has 0 amide bonds. The molecule has 1 heterocycles. The maximum atomic E-state index is 8.96. The summed E-state index contributed by atoms with van der Waals surface area (Å²) in [6, 6.07) is 7.54. The van der Waals surface area contributed by atoms with Crippen LogP contribution in [0.1, 0.15) is 11.6 Å². The lowest BCUT2D eigenvalue weighted by Gasteiger charge is -2.05. The normalized spacial score (nSPS) is 10.4. The zero-order valence-electron chi connectivity index (χ0n) is 9.23. The zero-order chi connectivity index (χ0) is 11.5. The fourth-order valence-corrected chi connectivity index (χ4v) is 1.60. The molecule has 4 heteroatoms. The summed E-state index contributed by atoms with van der Waals surface area (Å²) in [5.41, 5.74) is 1.59. The molecule has 2 aromatic rings. The second-order valence-electron chi connectivity index (χ2n) is 3.38. The third kappa shape index (κ3) is 1.79. The van der Waals surface area contributed by atoms with Crippen LogP contribution in [0.2, 0.25) is 0 Å². The van der Waals surface area contributed by atoms with Gasteiger partial charge in [0.05, 0.1) is 18.4 Å². The first-order valence-electron chi connectivity index (χ1n) is 4.96. The first-order chi connectivity index (χ1) is 7.76. The predicted molar refractivity (Wildman–Crippen MR) is 59.2 cm³/mol. The van der Waals surface area contributed by atoms with E-state index in [4.69, 9.17) is 14.3 Å². The van der Waals surface area contributed by atoms with Crippen LogP contribution >= 0.6 is 0 Å². The van der Waals surface area contributed by atoms with E-state index >= 15 is 0 Å². The van der Waals surface area contributed by atoms with E-state index in [2.05, 4.69) is 4.98 Å². The Hall–Kier alpha value is -1.81. The van der Waals surface area contributed by atoms with Gasteiger partial charge in [0.2, 0.25) is 5.89 Å². The molecule has 0 aliphatic carbocycles. The van der Waals surface area contributed by atoms with Crippen molar-refractivity contribution in [3.05, 3.63) is 35.9 Å². The summed E-state index contributed by atoms with van der Waals surface area (Å²) in [7, 11) is 1.61. The second kappa shape index (κ2) is 4.37. The van der Waals surface area contributed by atoms with Gasteiger partial charge in [-0.3, -0.25) is 0 Å². The molecular formula is C12H13NO3. The van der Waals surface area contributed by atoms with Gasteiger partial charge in [-0.25, -0.2) is 4.98 Å². The highest BCUT2D eigenvalue weighted by atomic mass is 16.5. The SMILES string of the molecule is COc1ccccc1-c1oc(CO)nc1C. The highest BCUT2D eigenvalue weighted by Gasteiger charge is 2.14. The van der Waals surface area contributed by atoms with Crippen molar-refractivity contribution in [1.82, 2.24) is 4.98 Å². The monoisotopic (exact) mass is 219 g/mol. The Labute approximate surface area is 93.5 Å². The van der Waals surface area contributed by atoms with Crippen LogP contribution in [0.4, 0.5) is 0 Å². The number of hydrogen-bond acceptors (Lipinski definition) is 4. The van der Waals surface area contributed by atoms with Crippen molar-refractivity contribution in [1.29, 1.82) is 0 Å². The molecule has 1 aromatic heterocycles. The summed E-state index contributed by atoms with van der Waals surface area (Å²) >= 11 is 0. The summed E-state index contributed by atoms with van der Waals surface area (Å²) in [4.78, 5) is 4.11. The van der Waals surface area contributed by atoms with Crippen LogP contribution in [-0.4, -0.2) is 17.2 Å². The number of benzene rings is 1. The molecule has 84 valence electrons. The van der Waals surface area contributed by atoms with Gasteiger partial charge >= 0.3 is 0 Å². The van der Waals surface area contributed by atoms with Gasteiger partial charge in [0, 0.05) is 0 Å². The number of aromatic nitrogens is 1. The lowest BCUT2D eigenvalue weighted by Crippen LogP contribution is -1.87. The minimum Gasteiger partial charge on any atom is -0.496 e. The van der Waals surface area contributed by atoms with Gasteiger partial charge in [0.15, 0.2) is 5.76 Å². The standard InChI is InChI=1S/C12H13NO3/c1-8-12(16-11(7-14)13-8)9-5-3-4-6-10(9)15-2/h3-6,14H,7H2,1-2H3. The van der Waals surface area contributed by atoms with E-state index < -0.39 is 0 Å². The molecule has 2 rings (SSSR count). The smallest absolute Gasteiger partial charge is 0.220 e. The molecule has 0 saturated carbocycles. The van der Waals surface area contributed by atoms with E-state index in [9.17, 15) is 0 Å². The summed E-state index contributed by atoms with van der Waals surface area (Å²) in [5, 5.41) is 8.96. The Bertz CT molecular complexity index is 491. The molecule has 0 atom stereocenters. The minimum absolute atomic E-state index is 0.198. The number of methoxy groups -OCH3 is 1. The lowest BCUT2D eigenvalue weighted by atomic mass is 10.1. The fraction of sp³-hybridized carbons (Fsp3) is 0.250. The number of ether oxygens (including phenoxy) is 1. The number of aliphatic hydroxyl groups excluding tert-OH is 1. The summed E-state index contributed by atoms with van der Waals surface area (Å²) in [5.74, 6) is 1.69. The van der Waals surface area contributed by atoms with Crippen molar-refractivity contribution < 1.29 is 14.3 Å². The largest absolute Gasteiger partial charge is 0.496 e. The number of nitrogens with zero attached hydrogens (tertiary/aromatic N) is 1. The first kappa shape index (κ1) is 10.7. The van der Waals surface area contributed by atoms with E-state index in [1.54, 1.807) is 7.11 Å². The van der Waals surface area contributed by atoms with E-state index in [-0.39, 0.29) is 6.61 Å². The van der Waals surface area contributed by atoms with Crippen LogP contribution in [0.3, 0.4) is 0 Å². The van der Waals surface area contributed by atoms with Crippen LogP contribution in [-0.2, 0) is 6.61 Å². The first-order valence-corrected chi connectivity index (χ1v) is 4.96. The molecule has 0 unspecified atom stereocenters. The molecule has 16 heavy (non-hydrogen) atoms. The van der Waals surface area contributed by atoms with Crippen LogP contribution < -0.4 is 4.74 Å². The third-order valence-electron chi connectivity index (χ3n) is 2.33. The molecule has 0 fully saturated rings. The molecule has 4 nitrogen and oxygen atoms in total. The summed E-state index contributed by atoms with van der Waals surface area (Å²) in [6.07, 6.45) is 0. The number of aryl methyl sites for hydroxylation is 1.